The topological polar surface area (TPSA) is 76.0 Å². The molecule has 0 heterocycles. The number of ether oxygens (including phenoxy) is 2. The molecular formula is C29H34FNaO5. The van der Waals surface area contributed by atoms with Gasteiger partial charge in [-0.1, -0.05) is 44.5 Å². The number of halogens is 1. The predicted octanol–water partition coefficient (Wildman–Crippen LogP) is 5.93. The molecular weight excluding hydrogens is 470 g/mol. The molecule has 0 unspecified atom stereocenters. The maximum absolute atomic E-state index is 13.3. The van der Waals surface area contributed by atoms with Crippen molar-refractivity contribution in [1.82, 2.24) is 0 Å². The number of carboxylic acids is 1. The summed E-state index contributed by atoms with van der Waals surface area (Å²) in [6.07, 6.45) is 3.82. The zero-order valence-electron chi connectivity index (χ0n) is 20.4. The quantitative estimate of drug-likeness (QED) is 0.223. The van der Waals surface area contributed by atoms with Gasteiger partial charge < -0.3 is 19.7 Å². The molecule has 0 bridgehead atoms. The average Bonchev–Trinajstić information content (AvgIpc) is 2.84. The molecule has 7 heteroatoms. The minimum atomic E-state index is -0.814. The van der Waals surface area contributed by atoms with Gasteiger partial charge in [0.25, 0.3) is 0 Å². The van der Waals surface area contributed by atoms with Crippen LogP contribution in [0.5, 0.6) is 17.2 Å². The van der Waals surface area contributed by atoms with Crippen molar-refractivity contribution in [3.63, 3.8) is 0 Å². The van der Waals surface area contributed by atoms with E-state index in [9.17, 15) is 14.3 Å². The number of aliphatic carboxylic acids is 1. The molecule has 3 aromatic carbocycles. The fraction of sp³-hybridized carbons (Fsp3) is 0.345. The number of benzene rings is 3. The Morgan fingerprint density at radius 1 is 0.889 bits per heavy atom. The number of carbonyl (C=O) groups is 1. The molecule has 0 saturated carbocycles. The summed E-state index contributed by atoms with van der Waals surface area (Å²) in [5.41, 5.74) is 4.40. The van der Waals surface area contributed by atoms with Crippen LogP contribution in [0.3, 0.4) is 0 Å². The molecule has 0 aromatic heterocycles. The molecule has 3 aromatic rings. The van der Waals surface area contributed by atoms with E-state index in [2.05, 4.69) is 6.92 Å². The third-order valence-electron chi connectivity index (χ3n) is 5.80. The summed E-state index contributed by atoms with van der Waals surface area (Å²) in [6.45, 7) is 5.01. The van der Waals surface area contributed by atoms with Crippen LogP contribution >= 0.6 is 0 Å². The zero-order valence-corrected chi connectivity index (χ0v) is 20.4. The second-order valence-corrected chi connectivity index (χ2v) is 8.47. The molecule has 0 atom stereocenters. The van der Waals surface area contributed by atoms with Gasteiger partial charge in [-0.2, -0.15) is 0 Å². The molecule has 0 saturated heterocycles. The number of phenols is 1. The van der Waals surface area contributed by atoms with E-state index < -0.39 is 5.97 Å². The van der Waals surface area contributed by atoms with E-state index >= 15 is 0 Å². The first-order chi connectivity index (χ1) is 16.9. The van der Waals surface area contributed by atoms with E-state index in [1.807, 2.05) is 31.2 Å². The minimum absolute atomic E-state index is 0. The number of aryl methyl sites for hydroxylation is 3. The standard InChI is InChI=1S/C29H33FO5.Na.H/c1-3-6-23-9-7-20(8-14-29(32)33)17-27(23)34-15-5-16-35-28-19-26(31)25(18-21(28)4-2)22-10-12-24(30)13-11-22;;/h7,9-13,17-19,31H,3-6,8,14-16H2,1-2H3,(H,32,33);;. The van der Waals surface area contributed by atoms with Crippen LogP contribution in [0, 0.1) is 5.82 Å². The number of rotatable bonds is 13. The molecule has 0 spiro atoms. The Bertz CT molecular complexity index is 1130. The van der Waals surface area contributed by atoms with Crippen LogP contribution in [-0.4, -0.2) is 59.0 Å². The average molecular weight is 505 g/mol. The first-order valence-corrected chi connectivity index (χ1v) is 12.1. The van der Waals surface area contributed by atoms with Crippen molar-refractivity contribution < 1.29 is 28.9 Å². The Hall–Kier alpha value is -2.54. The van der Waals surface area contributed by atoms with Crippen LogP contribution in [0.2, 0.25) is 0 Å². The first-order valence-electron chi connectivity index (χ1n) is 12.1. The summed E-state index contributed by atoms with van der Waals surface area (Å²) in [7, 11) is 0. The Morgan fingerprint density at radius 3 is 2.17 bits per heavy atom. The van der Waals surface area contributed by atoms with E-state index in [0.717, 1.165) is 47.3 Å². The Labute approximate surface area is 234 Å². The van der Waals surface area contributed by atoms with Gasteiger partial charge in [0.15, 0.2) is 0 Å². The van der Waals surface area contributed by atoms with Gasteiger partial charge in [0.05, 0.1) is 13.2 Å². The van der Waals surface area contributed by atoms with Crippen LogP contribution in [0.4, 0.5) is 4.39 Å². The number of hydrogen-bond donors (Lipinski definition) is 2. The molecule has 36 heavy (non-hydrogen) atoms. The molecule has 3 rings (SSSR count). The van der Waals surface area contributed by atoms with Gasteiger partial charge in [-0.05, 0) is 65.8 Å². The zero-order chi connectivity index (χ0) is 25.2. The number of phenolic OH excluding ortho intramolecular Hbond substituents is 1. The van der Waals surface area contributed by atoms with Crippen LogP contribution in [0.1, 0.15) is 49.8 Å². The van der Waals surface area contributed by atoms with Gasteiger partial charge in [0.1, 0.15) is 23.1 Å². The summed E-state index contributed by atoms with van der Waals surface area (Å²) in [6, 6.07) is 15.5. The molecule has 2 N–H and O–H groups in total. The molecule has 0 fully saturated rings. The van der Waals surface area contributed by atoms with Crippen molar-refractivity contribution in [1.29, 1.82) is 0 Å². The van der Waals surface area contributed by atoms with E-state index in [0.29, 0.717) is 37.4 Å². The van der Waals surface area contributed by atoms with E-state index in [-0.39, 0.29) is 47.5 Å². The predicted molar refractivity (Wildman–Crippen MR) is 142 cm³/mol. The van der Waals surface area contributed by atoms with Crippen molar-refractivity contribution >= 4 is 35.5 Å². The fourth-order valence-corrected chi connectivity index (χ4v) is 3.92. The van der Waals surface area contributed by atoms with Crippen molar-refractivity contribution in [3.8, 4) is 28.4 Å². The van der Waals surface area contributed by atoms with Crippen molar-refractivity contribution in [2.75, 3.05) is 13.2 Å². The molecule has 0 aliphatic carbocycles. The van der Waals surface area contributed by atoms with E-state index in [4.69, 9.17) is 14.6 Å². The third kappa shape index (κ3) is 8.54. The van der Waals surface area contributed by atoms with Gasteiger partial charge in [-0.25, -0.2) is 4.39 Å². The Balaban J connectivity index is 0.00000456. The van der Waals surface area contributed by atoms with Crippen LogP contribution in [0.25, 0.3) is 11.1 Å². The summed E-state index contributed by atoms with van der Waals surface area (Å²) >= 11 is 0. The molecule has 188 valence electrons. The molecule has 0 amide bonds. The molecule has 0 aliphatic heterocycles. The Morgan fingerprint density at radius 2 is 1.56 bits per heavy atom. The van der Waals surface area contributed by atoms with Crippen LogP contribution < -0.4 is 9.47 Å². The van der Waals surface area contributed by atoms with Crippen molar-refractivity contribution in [3.05, 3.63) is 77.1 Å². The Kier molecular flexibility index (Phi) is 12.3. The maximum atomic E-state index is 13.3. The SMILES string of the molecule is CCCc1ccc(CCC(=O)O)cc1OCCCOc1cc(O)c(-c2ccc(F)cc2)cc1CC.[NaH]. The van der Waals surface area contributed by atoms with Crippen LogP contribution in [0.15, 0.2) is 54.6 Å². The normalized spacial score (nSPS) is 10.5. The van der Waals surface area contributed by atoms with Crippen molar-refractivity contribution in [2.45, 2.75) is 52.4 Å². The molecule has 0 aliphatic rings. The number of carboxylic acid groups (broad SMARTS) is 1. The number of aromatic hydroxyl groups is 1. The number of hydrogen-bond acceptors (Lipinski definition) is 4. The summed E-state index contributed by atoms with van der Waals surface area (Å²) < 4.78 is 25.2. The molecule has 0 radical (unpaired) electrons. The summed E-state index contributed by atoms with van der Waals surface area (Å²) in [5.74, 6) is 0.372. The third-order valence-corrected chi connectivity index (χ3v) is 5.80. The first kappa shape index (κ1) is 29.7. The van der Waals surface area contributed by atoms with Gasteiger partial charge in [0, 0.05) is 24.5 Å². The summed E-state index contributed by atoms with van der Waals surface area (Å²) in [4.78, 5) is 10.9. The van der Waals surface area contributed by atoms with Gasteiger partial charge in [-0.15, -0.1) is 0 Å². The van der Waals surface area contributed by atoms with Crippen molar-refractivity contribution in [2.24, 2.45) is 0 Å². The van der Waals surface area contributed by atoms with Gasteiger partial charge in [0.2, 0.25) is 0 Å². The van der Waals surface area contributed by atoms with E-state index in [1.165, 1.54) is 12.1 Å². The van der Waals surface area contributed by atoms with Gasteiger partial charge >= 0.3 is 35.5 Å². The summed E-state index contributed by atoms with van der Waals surface area (Å²) in [5, 5.41) is 19.5. The van der Waals surface area contributed by atoms with Gasteiger partial charge in [-0.3, -0.25) is 4.79 Å². The molecule has 5 nitrogen and oxygen atoms in total. The monoisotopic (exact) mass is 504 g/mol. The second-order valence-electron chi connectivity index (χ2n) is 8.47. The second kappa shape index (κ2) is 14.9. The van der Waals surface area contributed by atoms with Crippen LogP contribution in [-0.2, 0) is 24.1 Å². The van der Waals surface area contributed by atoms with E-state index in [1.54, 1.807) is 18.2 Å². The fourth-order valence-electron chi connectivity index (χ4n) is 3.92.